The molecule has 0 heterocycles. The lowest BCUT2D eigenvalue weighted by atomic mass is 10.2. The summed E-state index contributed by atoms with van der Waals surface area (Å²) in [7, 11) is 3.39. The van der Waals surface area contributed by atoms with Crippen LogP contribution in [0.4, 0.5) is 5.69 Å². The number of benzene rings is 2. The Balaban J connectivity index is 1.85. The Morgan fingerprint density at radius 3 is 2.17 bits per heavy atom. The average molecular weight is 416 g/mol. The van der Waals surface area contributed by atoms with E-state index in [1.165, 1.54) is 4.90 Å². The highest BCUT2D eigenvalue weighted by Gasteiger charge is 2.10. The van der Waals surface area contributed by atoms with E-state index in [1.807, 2.05) is 6.92 Å². The van der Waals surface area contributed by atoms with Gasteiger partial charge in [0.2, 0.25) is 0 Å². The Bertz CT molecular complexity index is 836. The zero-order valence-electron chi connectivity index (χ0n) is 16.7. The molecule has 0 atom stereocenters. The lowest BCUT2D eigenvalue weighted by molar-refractivity contribution is 0.0827. The van der Waals surface area contributed by atoms with Gasteiger partial charge in [-0.15, -0.1) is 0 Å². The summed E-state index contributed by atoms with van der Waals surface area (Å²) in [4.78, 5) is 25.7. The number of hydrogen-bond donors (Lipinski definition) is 2. The third-order valence-corrected chi connectivity index (χ3v) is 4.04. The van der Waals surface area contributed by atoms with Crippen molar-refractivity contribution in [2.24, 2.45) is 0 Å². The number of thiocarbonyl (C=S) groups is 1. The van der Waals surface area contributed by atoms with E-state index in [0.29, 0.717) is 42.4 Å². The van der Waals surface area contributed by atoms with E-state index < -0.39 is 0 Å². The first kappa shape index (κ1) is 22.3. The molecular weight excluding hydrogens is 390 g/mol. The van der Waals surface area contributed by atoms with Gasteiger partial charge in [-0.1, -0.05) is 0 Å². The van der Waals surface area contributed by atoms with Crippen molar-refractivity contribution in [3.05, 3.63) is 59.7 Å². The molecule has 0 radical (unpaired) electrons. The van der Waals surface area contributed by atoms with Crippen LogP contribution < -0.4 is 15.4 Å². The fourth-order valence-corrected chi connectivity index (χ4v) is 2.57. The van der Waals surface area contributed by atoms with Gasteiger partial charge in [0.15, 0.2) is 5.11 Å². The van der Waals surface area contributed by atoms with Crippen molar-refractivity contribution in [2.75, 3.05) is 39.2 Å². The van der Waals surface area contributed by atoms with Crippen LogP contribution in [-0.4, -0.2) is 55.7 Å². The molecular formula is C21H25N3O4S. The first-order valence-corrected chi connectivity index (χ1v) is 9.56. The number of nitrogens with zero attached hydrogens (tertiary/aromatic N) is 1. The second kappa shape index (κ2) is 11.1. The summed E-state index contributed by atoms with van der Waals surface area (Å²) in [6, 6.07) is 13.6. The zero-order chi connectivity index (χ0) is 21.2. The number of ether oxygens (including phenoxy) is 2. The molecule has 154 valence electrons. The molecule has 8 heteroatoms. The van der Waals surface area contributed by atoms with Crippen LogP contribution in [0.25, 0.3) is 0 Å². The number of rotatable bonds is 8. The number of carbonyl (C=O) groups is 2. The van der Waals surface area contributed by atoms with Gasteiger partial charge in [0, 0.05) is 37.5 Å². The first-order chi connectivity index (χ1) is 13.9. The Labute approximate surface area is 176 Å². The van der Waals surface area contributed by atoms with E-state index in [-0.39, 0.29) is 16.9 Å². The van der Waals surface area contributed by atoms with Crippen molar-refractivity contribution >= 4 is 34.8 Å². The van der Waals surface area contributed by atoms with Crippen LogP contribution in [0.3, 0.4) is 0 Å². The normalized spacial score (nSPS) is 10.2. The van der Waals surface area contributed by atoms with E-state index in [1.54, 1.807) is 62.6 Å². The topological polar surface area (TPSA) is 79.9 Å². The quantitative estimate of drug-likeness (QED) is 0.510. The molecule has 29 heavy (non-hydrogen) atoms. The standard InChI is InChI=1S/C21H25N3O4S/c1-4-27-13-14-28-18-11-7-15(8-12-18)19(25)23-21(29)22-17-9-5-16(6-10-17)20(26)24(2)3/h5-12H,4,13-14H2,1-3H3,(H2,22,23,25,29). The van der Waals surface area contributed by atoms with Crippen LogP contribution in [-0.2, 0) is 4.74 Å². The van der Waals surface area contributed by atoms with Crippen molar-refractivity contribution in [2.45, 2.75) is 6.92 Å². The Morgan fingerprint density at radius 1 is 0.966 bits per heavy atom. The minimum Gasteiger partial charge on any atom is -0.491 e. The number of anilines is 1. The molecule has 0 unspecified atom stereocenters. The SMILES string of the molecule is CCOCCOc1ccc(C(=O)NC(=S)Nc2ccc(C(=O)N(C)C)cc2)cc1. The monoisotopic (exact) mass is 415 g/mol. The maximum atomic E-state index is 12.3. The molecule has 0 spiro atoms. The van der Waals surface area contributed by atoms with E-state index in [9.17, 15) is 9.59 Å². The third-order valence-electron chi connectivity index (χ3n) is 3.84. The molecule has 2 aromatic carbocycles. The second-order valence-electron chi connectivity index (χ2n) is 6.25. The van der Waals surface area contributed by atoms with Gasteiger partial charge in [-0.2, -0.15) is 0 Å². The fourth-order valence-electron chi connectivity index (χ4n) is 2.36. The van der Waals surface area contributed by atoms with Gasteiger partial charge >= 0.3 is 0 Å². The van der Waals surface area contributed by atoms with Gasteiger partial charge in [-0.25, -0.2) is 0 Å². The molecule has 0 aliphatic carbocycles. The predicted molar refractivity (Wildman–Crippen MR) is 117 cm³/mol. The van der Waals surface area contributed by atoms with Crippen LogP contribution in [0.15, 0.2) is 48.5 Å². The van der Waals surface area contributed by atoms with Crippen molar-refractivity contribution in [3.8, 4) is 5.75 Å². The molecule has 0 aliphatic rings. The van der Waals surface area contributed by atoms with E-state index >= 15 is 0 Å². The largest absolute Gasteiger partial charge is 0.491 e. The molecule has 0 bridgehead atoms. The summed E-state index contributed by atoms with van der Waals surface area (Å²) in [5.74, 6) is 0.245. The third kappa shape index (κ3) is 7.17. The van der Waals surface area contributed by atoms with Crippen molar-refractivity contribution in [1.29, 1.82) is 0 Å². The molecule has 2 N–H and O–H groups in total. The Morgan fingerprint density at radius 2 is 1.59 bits per heavy atom. The fraction of sp³-hybridized carbons (Fsp3) is 0.286. The van der Waals surface area contributed by atoms with E-state index in [4.69, 9.17) is 21.7 Å². The molecule has 2 rings (SSSR count). The highest BCUT2D eigenvalue weighted by Crippen LogP contribution is 2.13. The molecule has 0 aliphatic heterocycles. The van der Waals surface area contributed by atoms with Gasteiger partial charge in [-0.3, -0.25) is 14.9 Å². The molecule has 2 amide bonds. The predicted octanol–water partition coefficient (Wildman–Crippen LogP) is 2.93. The van der Waals surface area contributed by atoms with Gasteiger partial charge < -0.3 is 19.7 Å². The van der Waals surface area contributed by atoms with E-state index in [2.05, 4.69) is 10.6 Å². The second-order valence-corrected chi connectivity index (χ2v) is 6.66. The smallest absolute Gasteiger partial charge is 0.257 e. The van der Waals surface area contributed by atoms with Gasteiger partial charge in [0.25, 0.3) is 11.8 Å². The van der Waals surface area contributed by atoms with Gasteiger partial charge in [-0.05, 0) is 67.7 Å². The lowest BCUT2D eigenvalue weighted by Crippen LogP contribution is -2.34. The Kier molecular flexibility index (Phi) is 8.57. The van der Waals surface area contributed by atoms with Crippen LogP contribution in [0.5, 0.6) is 5.75 Å². The van der Waals surface area contributed by atoms with Crippen LogP contribution >= 0.6 is 12.2 Å². The van der Waals surface area contributed by atoms with Crippen LogP contribution in [0, 0.1) is 0 Å². The summed E-state index contributed by atoms with van der Waals surface area (Å²) < 4.78 is 10.7. The van der Waals surface area contributed by atoms with E-state index in [0.717, 1.165) is 0 Å². The number of nitrogens with one attached hydrogen (secondary N) is 2. The number of carbonyl (C=O) groups excluding carboxylic acids is 2. The summed E-state index contributed by atoms with van der Waals surface area (Å²) in [5.41, 5.74) is 1.70. The molecule has 0 aromatic heterocycles. The van der Waals surface area contributed by atoms with Gasteiger partial charge in [0.1, 0.15) is 12.4 Å². The maximum absolute atomic E-state index is 12.3. The molecule has 2 aromatic rings. The number of amides is 2. The minimum atomic E-state index is -0.331. The van der Waals surface area contributed by atoms with Crippen molar-refractivity contribution in [1.82, 2.24) is 10.2 Å². The summed E-state index contributed by atoms with van der Waals surface area (Å²) in [5, 5.41) is 5.72. The first-order valence-electron chi connectivity index (χ1n) is 9.15. The summed E-state index contributed by atoms with van der Waals surface area (Å²) in [6.07, 6.45) is 0. The summed E-state index contributed by atoms with van der Waals surface area (Å²) in [6.45, 7) is 3.54. The van der Waals surface area contributed by atoms with Crippen molar-refractivity contribution < 1.29 is 19.1 Å². The highest BCUT2D eigenvalue weighted by atomic mass is 32.1. The summed E-state index contributed by atoms with van der Waals surface area (Å²) >= 11 is 5.19. The molecule has 0 fully saturated rings. The Hall–Kier alpha value is -2.97. The lowest BCUT2D eigenvalue weighted by Gasteiger charge is -2.12. The minimum absolute atomic E-state index is 0.0854. The molecule has 7 nitrogen and oxygen atoms in total. The van der Waals surface area contributed by atoms with Gasteiger partial charge in [0.05, 0.1) is 6.61 Å². The molecule has 0 saturated carbocycles. The zero-order valence-corrected chi connectivity index (χ0v) is 17.5. The number of hydrogen-bond acceptors (Lipinski definition) is 5. The van der Waals surface area contributed by atoms with Crippen LogP contribution in [0.1, 0.15) is 27.6 Å². The maximum Gasteiger partial charge on any atom is 0.257 e. The van der Waals surface area contributed by atoms with Crippen molar-refractivity contribution in [3.63, 3.8) is 0 Å². The van der Waals surface area contributed by atoms with Crippen LogP contribution in [0.2, 0.25) is 0 Å². The molecule has 0 saturated heterocycles. The highest BCUT2D eigenvalue weighted by molar-refractivity contribution is 7.80. The average Bonchev–Trinajstić information content (AvgIpc) is 2.71.